The van der Waals surface area contributed by atoms with Crippen molar-refractivity contribution in [3.05, 3.63) is 33.9 Å². The molecule has 0 aromatic heterocycles. The summed E-state index contributed by atoms with van der Waals surface area (Å²) in [6.45, 7) is 10.4. The summed E-state index contributed by atoms with van der Waals surface area (Å²) in [6, 6.07) is 0.704. The average Bonchev–Trinajstić information content (AvgIpc) is 2.08. The SMILES string of the molecule is [3H]c1c(C)c(C)c(C)c(C)c1C. The van der Waals surface area contributed by atoms with E-state index in [1.807, 2.05) is 13.8 Å². The highest BCUT2D eigenvalue weighted by molar-refractivity contribution is 5.42. The van der Waals surface area contributed by atoms with E-state index >= 15 is 0 Å². The minimum atomic E-state index is 0.704. The third-order valence-electron chi connectivity index (χ3n) is 2.62. The number of benzene rings is 1. The van der Waals surface area contributed by atoms with Gasteiger partial charge in [0.25, 0.3) is 0 Å². The Kier molecular flexibility index (Phi) is 1.69. The lowest BCUT2D eigenvalue weighted by molar-refractivity contribution is 1.18. The molecule has 1 rings (SSSR count). The van der Waals surface area contributed by atoms with E-state index < -0.39 is 0 Å². The molecule has 0 radical (unpaired) electrons. The summed E-state index contributed by atoms with van der Waals surface area (Å²) >= 11 is 0. The molecule has 0 nitrogen and oxygen atoms in total. The Morgan fingerprint density at radius 2 is 1.18 bits per heavy atom. The fourth-order valence-electron chi connectivity index (χ4n) is 1.31. The van der Waals surface area contributed by atoms with Gasteiger partial charge in [0.1, 0.15) is 0 Å². The van der Waals surface area contributed by atoms with E-state index in [0.717, 1.165) is 11.1 Å². The second kappa shape index (κ2) is 2.69. The predicted molar refractivity (Wildman–Crippen MR) is 50.1 cm³/mol. The molecule has 1 aromatic carbocycles. The second-order valence-electron chi connectivity index (χ2n) is 3.25. The Balaban J connectivity index is 3.60. The van der Waals surface area contributed by atoms with E-state index in [2.05, 4.69) is 20.8 Å². The van der Waals surface area contributed by atoms with Gasteiger partial charge in [0.2, 0.25) is 0 Å². The summed E-state index contributed by atoms with van der Waals surface area (Å²) in [5.41, 5.74) is 6.11. The van der Waals surface area contributed by atoms with E-state index in [1.165, 1.54) is 16.7 Å². The summed E-state index contributed by atoms with van der Waals surface area (Å²) in [7, 11) is 0. The van der Waals surface area contributed by atoms with Crippen molar-refractivity contribution >= 4 is 0 Å². The van der Waals surface area contributed by atoms with Crippen molar-refractivity contribution in [1.29, 1.82) is 0 Å². The average molecular weight is 150 g/mol. The topological polar surface area (TPSA) is 0 Å². The molecule has 0 amide bonds. The van der Waals surface area contributed by atoms with Crippen molar-refractivity contribution in [2.24, 2.45) is 0 Å². The van der Waals surface area contributed by atoms with Crippen molar-refractivity contribution in [2.75, 3.05) is 0 Å². The molecule has 11 heavy (non-hydrogen) atoms. The molecule has 1 aromatic rings. The van der Waals surface area contributed by atoms with Gasteiger partial charge in [0.15, 0.2) is 0 Å². The normalized spacial score (nSPS) is 11.5. The molecule has 60 valence electrons. The third-order valence-corrected chi connectivity index (χ3v) is 2.62. The van der Waals surface area contributed by atoms with Gasteiger partial charge in [0, 0.05) is 0 Å². The van der Waals surface area contributed by atoms with Crippen LogP contribution in [0.2, 0.25) is 0 Å². The highest BCUT2D eigenvalue weighted by Crippen LogP contribution is 2.19. The molecule has 0 bridgehead atoms. The molecule has 0 spiro atoms. The summed E-state index contributed by atoms with van der Waals surface area (Å²) in [6.07, 6.45) is 0. The molecular weight excluding hydrogens is 132 g/mol. The maximum atomic E-state index is 7.82. The lowest BCUT2D eigenvalue weighted by Crippen LogP contribution is -1.93. The van der Waals surface area contributed by atoms with Crippen LogP contribution in [0.3, 0.4) is 0 Å². The van der Waals surface area contributed by atoms with Gasteiger partial charge < -0.3 is 0 Å². The van der Waals surface area contributed by atoms with Crippen LogP contribution in [0.4, 0.5) is 0 Å². The van der Waals surface area contributed by atoms with Crippen molar-refractivity contribution in [1.82, 2.24) is 0 Å². The van der Waals surface area contributed by atoms with E-state index in [1.54, 1.807) is 0 Å². The number of hydrogen-bond acceptors (Lipinski definition) is 0. The largest absolute Gasteiger partial charge is 0.0629 e. The first-order valence-corrected chi connectivity index (χ1v) is 4.00. The molecule has 0 fully saturated rings. The Hall–Kier alpha value is -0.780. The molecule has 0 aliphatic heterocycles. The molecule has 0 N–H and O–H groups in total. The van der Waals surface area contributed by atoms with Crippen LogP contribution < -0.4 is 0 Å². The molecule has 0 saturated carbocycles. The van der Waals surface area contributed by atoms with Crippen molar-refractivity contribution in [3.63, 3.8) is 0 Å². The van der Waals surface area contributed by atoms with E-state index in [4.69, 9.17) is 1.37 Å². The summed E-state index contributed by atoms with van der Waals surface area (Å²) in [5.74, 6) is 0. The maximum absolute atomic E-state index is 7.82. The van der Waals surface area contributed by atoms with Crippen LogP contribution >= 0.6 is 0 Å². The first kappa shape index (κ1) is 6.90. The predicted octanol–water partition coefficient (Wildman–Crippen LogP) is 3.23. The fraction of sp³-hybridized carbons (Fsp3) is 0.455. The zero-order valence-electron chi connectivity index (χ0n) is 9.00. The summed E-state index contributed by atoms with van der Waals surface area (Å²) in [4.78, 5) is 0. The van der Waals surface area contributed by atoms with Gasteiger partial charge >= 0.3 is 0 Å². The first-order valence-electron chi connectivity index (χ1n) is 4.50. The van der Waals surface area contributed by atoms with Gasteiger partial charge in [-0.05, 0) is 62.4 Å². The van der Waals surface area contributed by atoms with E-state index in [-0.39, 0.29) is 0 Å². The van der Waals surface area contributed by atoms with Crippen LogP contribution in [0.25, 0.3) is 0 Å². The molecule has 0 heterocycles. The summed E-state index contributed by atoms with van der Waals surface area (Å²) in [5, 5.41) is 0. The van der Waals surface area contributed by atoms with E-state index in [9.17, 15) is 0 Å². The highest BCUT2D eigenvalue weighted by Gasteiger charge is 2.02. The highest BCUT2D eigenvalue weighted by atomic mass is 14.1. The molecule has 0 heteroatoms. The second-order valence-corrected chi connectivity index (χ2v) is 3.25. The maximum Gasteiger partial charge on any atom is 0.0629 e. The van der Waals surface area contributed by atoms with Crippen molar-refractivity contribution < 1.29 is 1.37 Å². The Morgan fingerprint density at radius 3 is 1.55 bits per heavy atom. The fourth-order valence-corrected chi connectivity index (χ4v) is 1.31. The van der Waals surface area contributed by atoms with Crippen LogP contribution in [0.1, 0.15) is 29.2 Å². The standard InChI is InChI=1S/C11H16/c1-7-6-8(2)10(4)11(5)9(7)3/h6H,1-5H3/i6T. The van der Waals surface area contributed by atoms with Crippen LogP contribution in [0.15, 0.2) is 6.04 Å². The molecule has 0 atom stereocenters. The minimum absolute atomic E-state index is 0.704. The lowest BCUT2D eigenvalue weighted by atomic mass is 9.96. The van der Waals surface area contributed by atoms with Gasteiger partial charge in [-0.3, -0.25) is 0 Å². The van der Waals surface area contributed by atoms with Crippen LogP contribution in [0.5, 0.6) is 0 Å². The van der Waals surface area contributed by atoms with Gasteiger partial charge in [-0.1, -0.05) is 6.04 Å². The molecule has 0 aliphatic carbocycles. The Morgan fingerprint density at radius 1 is 0.818 bits per heavy atom. The van der Waals surface area contributed by atoms with Gasteiger partial charge in [-0.2, -0.15) is 0 Å². The first-order chi connectivity index (χ1) is 5.46. The van der Waals surface area contributed by atoms with Crippen molar-refractivity contribution in [2.45, 2.75) is 34.6 Å². The quantitative estimate of drug-likeness (QED) is 0.532. The Labute approximate surface area is 70.7 Å². The van der Waals surface area contributed by atoms with E-state index in [0.29, 0.717) is 6.04 Å². The smallest absolute Gasteiger partial charge is 0.0558 e. The molecule has 0 unspecified atom stereocenters. The van der Waals surface area contributed by atoms with Gasteiger partial charge in [-0.15, -0.1) is 0 Å². The lowest BCUT2D eigenvalue weighted by Gasteiger charge is -2.10. The van der Waals surface area contributed by atoms with Crippen LogP contribution in [0, 0.1) is 34.6 Å². The molecule has 0 aliphatic rings. The molecule has 0 saturated heterocycles. The van der Waals surface area contributed by atoms with Crippen molar-refractivity contribution in [3.8, 4) is 0 Å². The Bertz CT molecular complexity index is 219. The zero-order chi connectivity index (χ0) is 9.46. The van der Waals surface area contributed by atoms with Crippen LogP contribution in [-0.4, -0.2) is 0 Å². The number of hydrogen-bond donors (Lipinski definition) is 0. The van der Waals surface area contributed by atoms with Gasteiger partial charge in [-0.25, -0.2) is 0 Å². The molecular formula is C11H16. The minimum Gasteiger partial charge on any atom is -0.0558 e. The van der Waals surface area contributed by atoms with Crippen LogP contribution in [-0.2, 0) is 0 Å². The summed E-state index contributed by atoms with van der Waals surface area (Å²) < 4.78 is 7.82. The monoisotopic (exact) mass is 150 g/mol. The third kappa shape index (κ3) is 1.30. The zero-order valence-corrected chi connectivity index (χ0v) is 8.00. The van der Waals surface area contributed by atoms with Gasteiger partial charge in [0.05, 0.1) is 1.37 Å². The number of rotatable bonds is 0.